The Morgan fingerprint density at radius 1 is 1.04 bits per heavy atom. The molecule has 7 heteroatoms. The number of anilines is 1. The lowest BCUT2D eigenvalue weighted by atomic mass is 10.2. The molecule has 0 unspecified atom stereocenters. The molecule has 4 rings (SSSR count). The van der Waals surface area contributed by atoms with Gasteiger partial charge in [-0.2, -0.15) is 10.2 Å². The molecular formula is C18H16N6O. The van der Waals surface area contributed by atoms with E-state index in [2.05, 4.69) is 20.5 Å². The number of fused-ring (bicyclic) bond motifs is 1. The van der Waals surface area contributed by atoms with E-state index in [1.54, 1.807) is 21.8 Å². The molecule has 0 spiro atoms. The molecule has 0 aliphatic rings. The number of hydrogen-bond acceptors (Lipinski definition) is 4. The van der Waals surface area contributed by atoms with Crippen molar-refractivity contribution in [2.75, 3.05) is 5.32 Å². The molecule has 1 aromatic carbocycles. The molecule has 0 radical (unpaired) electrons. The van der Waals surface area contributed by atoms with E-state index in [0.717, 1.165) is 22.3 Å². The molecule has 0 aliphatic heterocycles. The van der Waals surface area contributed by atoms with Crippen LogP contribution in [-0.4, -0.2) is 30.5 Å². The van der Waals surface area contributed by atoms with Crippen molar-refractivity contribution in [2.24, 2.45) is 7.05 Å². The van der Waals surface area contributed by atoms with Crippen LogP contribution in [0.3, 0.4) is 0 Å². The summed E-state index contributed by atoms with van der Waals surface area (Å²) >= 11 is 0. The standard InChI is InChI=1S/C18H16N6O/c1-23-16-8-3-2-6-13(16)18(22-23)20-17(25)12-24-11-9-15(21-24)14-7-4-5-10-19-14/h2-11H,12H2,1H3,(H,20,22,25). The van der Waals surface area contributed by atoms with E-state index in [1.807, 2.05) is 55.6 Å². The molecule has 1 amide bonds. The molecular weight excluding hydrogens is 316 g/mol. The zero-order chi connectivity index (χ0) is 17.2. The first-order valence-electron chi connectivity index (χ1n) is 7.87. The van der Waals surface area contributed by atoms with Crippen LogP contribution in [0.1, 0.15) is 0 Å². The highest BCUT2D eigenvalue weighted by Crippen LogP contribution is 2.21. The summed E-state index contributed by atoms with van der Waals surface area (Å²) in [6.07, 6.45) is 3.48. The van der Waals surface area contributed by atoms with Crippen LogP contribution in [0.5, 0.6) is 0 Å². The van der Waals surface area contributed by atoms with Gasteiger partial charge in [0.05, 0.1) is 11.2 Å². The highest BCUT2D eigenvalue weighted by molar-refractivity contribution is 5.99. The molecule has 1 N–H and O–H groups in total. The first-order chi connectivity index (χ1) is 12.2. The molecule has 0 aliphatic carbocycles. The van der Waals surface area contributed by atoms with Crippen molar-refractivity contribution in [1.82, 2.24) is 24.5 Å². The van der Waals surface area contributed by atoms with Gasteiger partial charge in [0.25, 0.3) is 0 Å². The summed E-state index contributed by atoms with van der Waals surface area (Å²) in [5.74, 6) is 0.375. The van der Waals surface area contributed by atoms with Gasteiger partial charge in [-0.15, -0.1) is 0 Å². The van der Waals surface area contributed by atoms with Crippen molar-refractivity contribution in [3.05, 3.63) is 60.9 Å². The van der Waals surface area contributed by atoms with Crippen molar-refractivity contribution in [1.29, 1.82) is 0 Å². The normalized spacial score (nSPS) is 10.9. The van der Waals surface area contributed by atoms with Crippen molar-refractivity contribution < 1.29 is 4.79 Å². The number of nitrogens with one attached hydrogen (secondary N) is 1. The molecule has 3 aromatic heterocycles. The maximum absolute atomic E-state index is 12.3. The second kappa shape index (κ2) is 6.20. The lowest BCUT2D eigenvalue weighted by Crippen LogP contribution is -2.19. The monoisotopic (exact) mass is 332 g/mol. The molecule has 4 aromatic rings. The van der Waals surface area contributed by atoms with Gasteiger partial charge in [0, 0.05) is 24.8 Å². The predicted octanol–water partition coefficient (Wildman–Crippen LogP) is 2.47. The highest BCUT2D eigenvalue weighted by Gasteiger charge is 2.12. The van der Waals surface area contributed by atoms with E-state index < -0.39 is 0 Å². The van der Waals surface area contributed by atoms with Crippen LogP contribution >= 0.6 is 0 Å². The lowest BCUT2D eigenvalue weighted by Gasteiger charge is -2.03. The fourth-order valence-electron chi connectivity index (χ4n) is 2.73. The van der Waals surface area contributed by atoms with Gasteiger partial charge in [-0.1, -0.05) is 18.2 Å². The summed E-state index contributed by atoms with van der Waals surface area (Å²) in [7, 11) is 1.85. The molecule has 0 saturated heterocycles. The smallest absolute Gasteiger partial charge is 0.247 e. The number of para-hydroxylation sites is 1. The molecule has 3 heterocycles. The van der Waals surface area contributed by atoms with Gasteiger partial charge in [-0.05, 0) is 30.3 Å². The first kappa shape index (κ1) is 15.1. The van der Waals surface area contributed by atoms with E-state index in [9.17, 15) is 4.79 Å². The van der Waals surface area contributed by atoms with Gasteiger partial charge >= 0.3 is 0 Å². The first-order valence-corrected chi connectivity index (χ1v) is 7.87. The Labute approximate surface area is 143 Å². The number of hydrogen-bond donors (Lipinski definition) is 1. The minimum atomic E-state index is -0.181. The zero-order valence-electron chi connectivity index (χ0n) is 13.6. The van der Waals surface area contributed by atoms with Crippen molar-refractivity contribution in [3.63, 3.8) is 0 Å². The fraction of sp³-hybridized carbons (Fsp3) is 0.111. The van der Waals surface area contributed by atoms with Crippen LogP contribution < -0.4 is 5.32 Å². The maximum Gasteiger partial charge on any atom is 0.247 e. The third-order valence-corrected chi connectivity index (χ3v) is 3.89. The van der Waals surface area contributed by atoms with Crippen LogP contribution in [0.15, 0.2) is 60.9 Å². The van der Waals surface area contributed by atoms with Crippen LogP contribution in [0, 0.1) is 0 Å². The van der Waals surface area contributed by atoms with Crippen molar-refractivity contribution in [2.45, 2.75) is 6.54 Å². The van der Waals surface area contributed by atoms with Gasteiger partial charge in [0.1, 0.15) is 12.2 Å². The summed E-state index contributed by atoms with van der Waals surface area (Å²) in [6.45, 7) is 0.109. The van der Waals surface area contributed by atoms with Gasteiger partial charge in [0.2, 0.25) is 5.91 Å². The van der Waals surface area contributed by atoms with Gasteiger partial charge < -0.3 is 5.32 Å². The van der Waals surface area contributed by atoms with E-state index >= 15 is 0 Å². The Bertz CT molecular complexity index is 1030. The Hall–Kier alpha value is -3.48. The zero-order valence-corrected chi connectivity index (χ0v) is 13.6. The number of aryl methyl sites for hydroxylation is 1. The van der Waals surface area contributed by atoms with Crippen molar-refractivity contribution in [3.8, 4) is 11.4 Å². The average molecular weight is 332 g/mol. The molecule has 0 saturated carbocycles. The number of benzene rings is 1. The van der Waals surface area contributed by atoms with Crippen LogP contribution in [0.25, 0.3) is 22.3 Å². The highest BCUT2D eigenvalue weighted by atomic mass is 16.2. The minimum absolute atomic E-state index is 0.109. The lowest BCUT2D eigenvalue weighted by molar-refractivity contribution is -0.116. The van der Waals surface area contributed by atoms with Crippen LogP contribution in [0.4, 0.5) is 5.82 Å². The van der Waals surface area contributed by atoms with Gasteiger partial charge in [-0.3, -0.25) is 19.1 Å². The summed E-state index contributed by atoms with van der Waals surface area (Å²) in [4.78, 5) is 16.6. The summed E-state index contributed by atoms with van der Waals surface area (Å²) in [5.41, 5.74) is 2.48. The number of nitrogens with zero attached hydrogens (tertiary/aromatic N) is 5. The van der Waals surface area contributed by atoms with Crippen molar-refractivity contribution >= 4 is 22.6 Å². The number of carbonyl (C=O) groups is 1. The van der Waals surface area contributed by atoms with Gasteiger partial charge in [-0.25, -0.2) is 0 Å². The summed E-state index contributed by atoms with van der Waals surface area (Å²) < 4.78 is 3.34. The maximum atomic E-state index is 12.3. The van der Waals surface area contributed by atoms with Crippen LogP contribution in [0.2, 0.25) is 0 Å². The Balaban J connectivity index is 1.50. The topological polar surface area (TPSA) is 77.6 Å². The number of amides is 1. The minimum Gasteiger partial charge on any atom is -0.307 e. The van der Waals surface area contributed by atoms with E-state index in [-0.39, 0.29) is 12.5 Å². The Morgan fingerprint density at radius 2 is 1.88 bits per heavy atom. The number of carbonyl (C=O) groups excluding carboxylic acids is 1. The number of pyridine rings is 1. The quantitative estimate of drug-likeness (QED) is 0.623. The third-order valence-electron chi connectivity index (χ3n) is 3.89. The molecule has 0 atom stereocenters. The summed E-state index contributed by atoms with van der Waals surface area (Å²) in [5, 5.41) is 12.5. The van der Waals surface area contributed by atoms with E-state index in [0.29, 0.717) is 5.82 Å². The van der Waals surface area contributed by atoms with E-state index in [1.165, 1.54) is 0 Å². The molecule has 124 valence electrons. The molecule has 0 bridgehead atoms. The molecule has 7 nitrogen and oxygen atoms in total. The summed E-state index contributed by atoms with van der Waals surface area (Å²) in [6, 6.07) is 15.2. The largest absolute Gasteiger partial charge is 0.307 e. The third kappa shape index (κ3) is 2.99. The SMILES string of the molecule is Cn1nc(NC(=O)Cn2ccc(-c3ccccn3)n2)c2ccccc21. The average Bonchev–Trinajstić information content (AvgIpc) is 3.21. The second-order valence-electron chi connectivity index (χ2n) is 5.65. The Kier molecular flexibility index (Phi) is 3.74. The fourth-order valence-corrected chi connectivity index (χ4v) is 2.73. The number of aromatic nitrogens is 5. The van der Waals surface area contributed by atoms with Crippen LogP contribution in [-0.2, 0) is 18.4 Å². The molecule has 0 fully saturated rings. The predicted molar refractivity (Wildman–Crippen MR) is 94.8 cm³/mol. The number of rotatable bonds is 4. The van der Waals surface area contributed by atoms with Gasteiger partial charge in [0.15, 0.2) is 5.82 Å². The van der Waals surface area contributed by atoms with E-state index in [4.69, 9.17) is 0 Å². The molecule has 25 heavy (non-hydrogen) atoms. The Morgan fingerprint density at radius 3 is 2.72 bits per heavy atom. The second-order valence-corrected chi connectivity index (χ2v) is 5.65.